The van der Waals surface area contributed by atoms with E-state index < -0.39 is 0 Å². The summed E-state index contributed by atoms with van der Waals surface area (Å²) >= 11 is 0. The first kappa shape index (κ1) is 83.3. The van der Waals surface area contributed by atoms with Gasteiger partial charge in [-0.2, -0.15) is 20.4 Å². The molecule has 0 bridgehead atoms. The van der Waals surface area contributed by atoms with Gasteiger partial charge in [-0.1, -0.05) is 13.0 Å². The van der Waals surface area contributed by atoms with Crippen molar-refractivity contribution in [2.24, 2.45) is 0 Å². The molecule has 24 rings (SSSR count). The molecular weight excluding hydrogens is 1660 g/mol. The van der Waals surface area contributed by atoms with Crippen LogP contribution in [0.2, 0.25) is 0 Å². The predicted octanol–water partition coefficient (Wildman–Crippen LogP) is 11.3. The molecule has 664 valence electrons. The Bertz CT molecular complexity index is 7510. The lowest BCUT2D eigenvalue weighted by atomic mass is 10.0. The molecule has 0 amide bonds. The van der Waals surface area contributed by atoms with Gasteiger partial charge in [-0.05, 0) is 101 Å². The number of aromatic nitrogens is 28. The van der Waals surface area contributed by atoms with E-state index in [0.29, 0.717) is 22.6 Å². The van der Waals surface area contributed by atoms with Crippen molar-refractivity contribution in [3.63, 3.8) is 0 Å². The van der Waals surface area contributed by atoms with Gasteiger partial charge in [0.25, 0.3) is 0 Å². The van der Waals surface area contributed by atoms with E-state index in [9.17, 15) is 0 Å². The van der Waals surface area contributed by atoms with Gasteiger partial charge in [0.2, 0.25) is 0 Å². The molecule has 9 N–H and O–H groups in total. The molecule has 4 aliphatic heterocycles. The van der Waals surface area contributed by atoms with Crippen LogP contribution in [0.5, 0.6) is 0 Å². The highest BCUT2D eigenvalue weighted by Crippen LogP contribution is 2.39. The first-order valence-corrected chi connectivity index (χ1v) is 44.3. The number of hydrogen-bond acceptors (Lipinski definition) is 30. The summed E-state index contributed by atoms with van der Waals surface area (Å²) in [6, 6.07) is 18.5. The van der Waals surface area contributed by atoms with E-state index in [1.807, 2.05) is 149 Å². The number of anilines is 5. The molecule has 0 saturated carbocycles. The molecule has 0 spiro atoms. The van der Waals surface area contributed by atoms with E-state index in [2.05, 4.69) is 243 Å². The normalized spacial score (nSPS) is 15.0. The molecule has 0 aliphatic carbocycles. The second-order valence-corrected chi connectivity index (χ2v) is 34.1. The van der Waals surface area contributed by atoms with E-state index in [1.165, 1.54) is 0 Å². The Kier molecular flexibility index (Phi) is 22.8. The van der Waals surface area contributed by atoms with E-state index in [-0.39, 0.29) is 0 Å². The topological polar surface area (TPSA) is 425 Å². The summed E-state index contributed by atoms with van der Waals surface area (Å²) in [7, 11) is 12.6. The van der Waals surface area contributed by atoms with Crippen LogP contribution >= 0.6 is 0 Å². The lowest BCUT2D eigenvalue weighted by Gasteiger charge is -2.33. The minimum Gasteiger partial charge on any atom is -0.376 e. The third-order valence-electron chi connectivity index (χ3n) is 25.1. The first-order chi connectivity index (χ1) is 64.7. The van der Waals surface area contributed by atoms with Crippen LogP contribution in [0.3, 0.4) is 0 Å². The minimum atomic E-state index is 0.647. The molecule has 132 heavy (non-hydrogen) atoms. The fourth-order valence-electron chi connectivity index (χ4n) is 17.3. The number of imidazole rings is 4. The highest BCUT2D eigenvalue weighted by molar-refractivity contribution is 6.01. The second kappa shape index (κ2) is 36.1. The van der Waals surface area contributed by atoms with Crippen molar-refractivity contribution in [2.75, 3.05) is 178 Å². The molecule has 0 atom stereocenters. The molecule has 20 aromatic heterocycles. The van der Waals surface area contributed by atoms with Gasteiger partial charge in [0, 0.05) is 238 Å². The molecule has 24 heterocycles. The van der Waals surface area contributed by atoms with Crippen LogP contribution in [0.25, 0.3) is 179 Å². The van der Waals surface area contributed by atoms with Gasteiger partial charge in [-0.25, -0.2) is 39.9 Å². The van der Waals surface area contributed by atoms with Crippen molar-refractivity contribution < 1.29 is 0 Å². The fraction of sp³-hybridized carbons (Fsp3) is 0.277. The molecule has 38 nitrogen and oxygen atoms in total. The number of aromatic amines is 8. The number of rotatable bonds is 16. The number of piperazine rings is 4. The van der Waals surface area contributed by atoms with Gasteiger partial charge in [-0.15, -0.1) is 0 Å². The van der Waals surface area contributed by atoms with Crippen molar-refractivity contribution >= 4 is 117 Å². The molecule has 4 fully saturated rings. The SMILES string of the molecule is CCNCc1cncc(-c2cnc3n[nH]c(-c4nc5c(N6CCN(C)CC6)cncc5[nH]4)c3c2)c1.CN1CCN(c2cncc3[nH]c(-c4[nH]nc5ncc(-c6cccnc6)cc45)nc23)CC1.CN1CCN(c2cncc3[nH]c(-c4[nH]nc5ncc(-c6cncc(N(C)C)c6)cc45)nc23)CC1.Cc1ccncc1-c1cnc2n[nH]c(-c3nc4c(N5CCN(C)CC5)cncc4[nH]3)c2c1. The first-order valence-electron chi connectivity index (χ1n) is 44.3. The van der Waals surface area contributed by atoms with Gasteiger partial charge in [0.05, 0.1) is 128 Å². The van der Waals surface area contributed by atoms with Crippen LogP contribution in [-0.4, -0.2) is 314 Å². The molecule has 0 radical (unpaired) electrons. The van der Waals surface area contributed by atoms with Crippen LogP contribution in [0.4, 0.5) is 28.4 Å². The predicted molar refractivity (Wildman–Crippen MR) is 515 cm³/mol. The maximum absolute atomic E-state index is 4.98. The molecule has 20 aromatic rings. The molecule has 4 saturated heterocycles. The zero-order chi connectivity index (χ0) is 89.5. The van der Waals surface area contributed by atoms with E-state index in [4.69, 9.17) is 19.9 Å². The summed E-state index contributed by atoms with van der Waals surface area (Å²) < 4.78 is 0. The fourth-order valence-corrected chi connectivity index (χ4v) is 17.3. The van der Waals surface area contributed by atoms with Gasteiger partial charge < -0.3 is 69.4 Å². The summed E-state index contributed by atoms with van der Waals surface area (Å²) in [6.45, 7) is 21.8. The van der Waals surface area contributed by atoms with E-state index in [0.717, 1.165) is 314 Å². The highest BCUT2D eigenvalue weighted by Gasteiger charge is 2.28. The number of pyridine rings is 12. The maximum Gasteiger partial charge on any atom is 0.181 e. The minimum absolute atomic E-state index is 0.647. The third kappa shape index (κ3) is 16.8. The van der Waals surface area contributed by atoms with Crippen molar-refractivity contribution in [1.82, 2.24) is 165 Å². The zero-order valence-electron chi connectivity index (χ0n) is 74.4. The molecule has 38 heteroatoms. The average Bonchev–Trinajstić information content (AvgIpc) is 1.63. The van der Waals surface area contributed by atoms with Crippen molar-refractivity contribution in [2.45, 2.75) is 20.4 Å². The largest absolute Gasteiger partial charge is 0.376 e. The highest BCUT2D eigenvalue weighted by atomic mass is 15.3. The molecule has 4 aliphatic rings. The Morgan fingerprint density at radius 3 is 1.03 bits per heavy atom. The van der Waals surface area contributed by atoms with Crippen LogP contribution in [0.15, 0.2) is 179 Å². The Hall–Kier alpha value is -15.6. The number of likely N-dealkylation sites (N-methyl/N-ethyl adjacent to an activating group) is 4. The summed E-state index contributed by atoms with van der Waals surface area (Å²) in [6.07, 6.45) is 37.0. The summed E-state index contributed by atoms with van der Waals surface area (Å²) in [5.41, 5.74) is 28.8. The van der Waals surface area contributed by atoms with Gasteiger partial charge in [0.15, 0.2) is 45.9 Å². The third-order valence-corrected chi connectivity index (χ3v) is 25.1. The van der Waals surface area contributed by atoms with Crippen molar-refractivity contribution in [3.8, 4) is 90.6 Å². The number of fused-ring (bicyclic) bond motifs is 8. The summed E-state index contributed by atoms with van der Waals surface area (Å²) in [4.78, 5) is 108. The van der Waals surface area contributed by atoms with Crippen LogP contribution in [0.1, 0.15) is 18.1 Å². The molecule has 0 unspecified atom stereocenters. The number of nitrogens with one attached hydrogen (secondary N) is 9. The lowest BCUT2D eigenvalue weighted by molar-refractivity contribution is 0.313. The molecular formula is C94H98N38. The van der Waals surface area contributed by atoms with Crippen LogP contribution in [-0.2, 0) is 6.54 Å². The Labute approximate surface area is 756 Å². The zero-order valence-corrected chi connectivity index (χ0v) is 74.4. The number of nitrogens with zero attached hydrogens (tertiary/aromatic N) is 29. The lowest BCUT2D eigenvalue weighted by Crippen LogP contribution is -2.44. The smallest absolute Gasteiger partial charge is 0.181 e. The van der Waals surface area contributed by atoms with Crippen LogP contribution in [0, 0.1) is 6.92 Å². The number of hydrogen-bond donors (Lipinski definition) is 9. The standard InChI is InChI=1S/C25H28N10.C24H26N10.C23H23N9.C22H21N9/c1-3-26-10-16-8-17(12-27-11-16)18-9-19-22(32-33-24(19)29-13-18)25-30-20-14-28-15-21(23(20)31-25)35-6-4-34(2)5-7-35;1-32(2)17-8-15(10-25-12-17)16-9-18-21(30-31-23(18)27-11-16)24-28-19-13-26-14-20(22(19)29-24)34-6-4-33(3)5-7-34;1-14-3-4-24-11-17(14)15-9-16-20(29-30-22(16)26-10-15)23-27-18-12-25-13-19(21(18)28-23)32-7-5-31(2)6-8-32;1-30-5-7-31(8-6-30)18-13-24-12-17-20(18)27-22(26-17)19-16-9-15(11-25-21(16)29-28-19)14-3-2-4-23-10-14/h8-9,11-15,26H,3-7,10H2,1-2H3,(H,30,31)(H,29,32,33);8-14H,4-7H2,1-3H3,(H,28,29)(H,27,30,31);3-4,9-13H,5-8H2,1-2H3,(H,27,28)(H,26,29,30);2-4,9-13H,5-8H2,1H3,(H,26,27)(H,25,28,29). The van der Waals surface area contributed by atoms with E-state index >= 15 is 0 Å². The molecule has 0 aromatic carbocycles. The van der Waals surface area contributed by atoms with Crippen molar-refractivity contribution in [3.05, 3.63) is 190 Å². The van der Waals surface area contributed by atoms with Gasteiger partial charge in [-0.3, -0.25) is 60.3 Å². The number of aryl methyl sites for hydroxylation is 1. The quantitative estimate of drug-likeness (QED) is 0.0434. The average molecular weight is 1760 g/mol. The van der Waals surface area contributed by atoms with Gasteiger partial charge >= 0.3 is 0 Å². The van der Waals surface area contributed by atoms with Crippen LogP contribution < -0.4 is 29.8 Å². The Morgan fingerprint density at radius 1 is 0.333 bits per heavy atom. The summed E-state index contributed by atoms with van der Waals surface area (Å²) in [5.74, 6) is 2.91. The van der Waals surface area contributed by atoms with E-state index in [1.54, 1.807) is 12.4 Å². The Morgan fingerprint density at radius 2 is 0.667 bits per heavy atom. The van der Waals surface area contributed by atoms with Crippen molar-refractivity contribution in [1.29, 1.82) is 0 Å². The Balaban J connectivity index is 0.000000106. The second-order valence-electron chi connectivity index (χ2n) is 34.1. The maximum atomic E-state index is 4.98. The summed E-state index contributed by atoms with van der Waals surface area (Å²) in [5, 5.41) is 37.1. The number of H-pyrrole nitrogens is 8. The monoisotopic (exact) mass is 1760 g/mol. The van der Waals surface area contributed by atoms with Gasteiger partial charge in [0.1, 0.15) is 44.8 Å².